The largest absolute Gasteiger partial charge is 0.342 e. The van der Waals surface area contributed by atoms with Crippen LogP contribution in [-0.2, 0) is 9.59 Å². The molecule has 0 aliphatic carbocycles. The number of hydrogen-bond acceptors (Lipinski definition) is 2. The Bertz CT molecular complexity index is 582. The van der Waals surface area contributed by atoms with Gasteiger partial charge in [-0.25, -0.2) is 0 Å². The van der Waals surface area contributed by atoms with Crippen molar-refractivity contribution >= 4 is 33.4 Å². The third-order valence-electron chi connectivity index (χ3n) is 4.23. The van der Waals surface area contributed by atoms with E-state index < -0.39 is 0 Å². The highest BCUT2D eigenvalue weighted by Crippen LogP contribution is 2.29. The lowest BCUT2D eigenvalue weighted by molar-refractivity contribution is -0.135. The Morgan fingerprint density at radius 2 is 1.96 bits per heavy atom. The standard InChI is InChI=1S/C18H25BrN2O2/c1-4-8-20(9-5-2)18(23)14-11-17(22)21(12-14)15-6-7-16(19)13(3)10-15/h6-7,10,14H,4-5,8-9,11-12H2,1-3H3. The van der Waals surface area contributed by atoms with Crippen LogP contribution in [0.3, 0.4) is 0 Å². The zero-order valence-corrected chi connectivity index (χ0v) is 15.7. The number of benzene rings is 1. The first-order chi connectivity index (χ1) is 11.0. The van der Waals surface area contributed by atoms with Crippen LogP contribution in [0, 0.1) is 12.8 Å². The molecule has 1 aromatic carbocycles. The molecule has 5 heteroatoms. The van der Waals surface area contributed by atoms with Crippen molar-refractivity contribution in [2.45, 2.75) is 40.0 Å². The minimum absolute atomic E-state index is 0.0398. The van der Waals surface area contributed by atoms with Gasteiger partial charge in [-0.3, -0.25) is 9.59 Å². The summed E-state index contributed by atoms with van der Waals surface area (Å²) in [6.07, 6.45) is 2.21. The third-order valence-corrected chi connectivity index (χ3v) is 5.12. The average Bonchev–Trinajstić information content (AvgIpc) is 2.91. The summed E-state index contributed by atoms with van der Waals surface area (Å²) in [4.78, 5) is 28.7. The predicted molar refractivity (Wildman–Crippen MR) is 96.5 cm³/mol. The van der Waals surface area contributed by atoms with Gasteiger partial charge in [0.25, 0.3) is 0 Å². The van der Waals surface area contributed by atoms with E-state index in [-0.39, 0.29) is 17.7 Å². The van der Waals surface area contributed by atoms with E-state index in [1.165, 1.54) is 0 Å². The van der Waals surface area contributed by atoms with E-state index in [0.717, 1.165) is 41.7 Å². The molecule has 1 aliphatic rings. The number of carbonyl (C=O) groups excluding carboxylic acids is 2. The topological polar surface area (TPSA) is 40.6 Å². The minimum atomic E-state index is -0.218. The number of amides is 2. The molecule has 23 heavy (non-hydrogen) atoms. The van der Waals surface area contributed by atoms with E-state index in [9.17, 15) is 9.59 Å². The minimum Gasteiger partial charge on any atom is -0.342 e. The maximum absolute atomic E-state index is 12.7. The van der Waals surface area contributed by atoms with E-state index in [0.29, 0.717) is 13.0 Å². The number of nitrogens with zero attached hydrogens (tertiary/aromatic N) is 2. The van der Waals surface area contributed by atoms with Gasteiger partial charge in [0.05, 0.1) is 5.92 Å². The summed E-state index contributed by atoms with van der Waals surface area (Å²) in [5.41, 5.74) is 1.97. The van der Waals surface area contributed by atoms with Gasteiger partial charge in [0.15, 0.2) is 0 Å². The summed E-state index contributed by atoms with van der Waals surface area (Å²) in [6.45, 7) is 8.19. The van der Waals surface area contributed by atoms with Crippen molar-refractivity contribution in [1.82, 2.24) is 4.90 Å². The van der Waals surface area contributed by atoms with Crippen LogP contribution in [-0.4, -0.2) is 36.3 Å². The highest BCUT2D eigenvalue weighted by molar-refractivity contribution is 9.10. The lowest BCUT2D eigenvalue weighted by Crippen LogP contribution is -2.38. The monoisotopic (exact) mass is 380 g/mol. The summed E-state index contributed by atoms with van der Waals surface area (Å²) in [5.74, 6) is -0.0547. The lowest BCUT2D eigenvalue weighted by atomic mass is 10.1. The van der Waals surface area contributed by atoms with Crippen molar-refractivity contribution in [3.8, 4) is 0 Å². The van der Waals surface area contributed by atoms with Crippen molar-refractivity contribution in [2.24, 2.45) is 5.92 Å². The summed E-state index contributed by atoms with van der Waals surface area (Å²) in [7, 11) is 0. The number of carbonyl (C=O) groups is 2. The van der Waals surface area contributed by atoms with Gasteiger partial charge in [-0.15, -0.1) is 0 Å². The maximum Gasteiger partial charge on any atom is 0.228 e. The second kappa shape index (κ2) is 7.95. The number of hydrogen-bond donors (Lipinski definition) is 0. The fourth-order valence-corrected chi connectivity index (χ4v) is 3.30. The molecule has 126 valence electrons. The normalized spacial score (nSPS) is 17.7. The molecular weight excluding hydrogens is 356 g/mol. The van der Waals surface area contributed by atoms with Gasteiger partial charge in [0, 0.05) is 36.2 Å². The van der Waals surface area contributed by atoms with Crippen LogP contribution in [0.1, 0.15) is 38.7 Å². The van der Waals surface area contributed by atoms with Gasteiger partial charge >= 0.3 is 0 Å². The SMILES string of the molecule is CCCN(CCC)C(=O)C1CC(=O)N(c2ccc(Br)c(C)c2)C1. The average molecular weight is 381 g/mol. The third kappa shape index (κ3) is 4.14. The molecule has 2 amide bonds. The van der Waals surface area contributed by atoms with Gasteiger partial charge in [0.2, 0.25) is 11.8 Å². The molecule has 0 spiro atoms. The highest BCUT2D eigenvalue weighted by Gasteiger charge is 2.36. The molecule has 0 saturated carbocycles. The van der Waals surface area contributed by atoms with E-state index in [1.54, 1.807) is 4.90 Å². The molecular formula is C18H25BrN2O2. The Labute approximate surface area is 147 Å². The first-order valence-electron chi connectivity index (χ1n) is 8.33. The van der Waals surface area contributed by atoms with E-state index >= 15 is 0 Å². The van der Waals surface area contributed by atoms with Crippen molar-refractivity contribution in [1.29, 1.82) is 0 Å². The zero-order valence-electron chi connectivity index (χ0n) is 14.1. The fraction of sp³-hybridized carbons (Fsp3) is 0.556. The molecule has 0 bridgehead atoms. The van der Waals surface area contributed by atoms with Crippen molar-refractivity contribution in [3.05, 3.63) is 28.2 Å². The summed E-state index contributed by atoms with van der Waals surface area (Å²) >= 11 is 3.48. The van der Waals surface area contributed by atoms with Crippen LogP contribution in [0.5, 0.6) is 0 Å². The van der Waals surface area contributed by atoms with Crippen LogP contribution < -0.4 is 4.90 Å². The molecule has 1 unspecified atom stereocenters. The molecule has 0 aromatic heterocycles. The Morgan fingerprint density at radius 1 is 1.30 bits per heavy atom. The highest BCUT2D eigenvalue weighted by atomic mass is 79.9. The van der Waals surface area contributed by atoms with Gasteiger partial charge < -0.3 is 9.80 Å². The lowest BCUT2D eigenvalue weighted by Gasteiger charge is -2.25. The van der Waals surface area contributed by atoms with E-state index in [2.05, 4.69) is 29.8 Å². The van der Waals surface area contributed by atoms with Crippen LogP contribution in [0.15, 0.2) is 22.7 Å². The quantitative estimate of drug-likeness (QED) is 0.753. The number of halogens is 1. The first kappa shape index (κ1) is 18.0. The molecule has 1 fully saturated rings. The van der Waals surface area contributed by atoms with Gasteiger partial charge in [-0.1, -0.05) is 29.8 Å². The van der Waals surface area contributed by atoms with Crippen LogP contribution in [0.25, 0.3) is 0 Å². The van der Waals surface area contributed by atoms with Crippen molar-refractivity contribution in [2.75, 3.05) is 24.5 Å². The van der Waals surface area contributed by atoms with Gasteiger partial charge in [0.1, 0.15) is 0 Å². The van der Waals surface area contributed by atoms with Crippen molar-refractivity contribution in [3.63, 3.8) is 0 Å². The Kier molecular flexibility index (Phi) is 6.22. The molecule has 1 saturated heterocycles. The predicted octanol–water partition coefficient (Wildman–Crippen LogP) is 3.76. The van der Waals surface area contributed by atoms with Crippen LogP contribution >= 0.6 is 15.9 Å². The summed E-state index contributed by atoms with van der Waals surface area (Å²) in [5, 5.41) is 0. The Hall–Kier alpha value is -1.36. The summed E-state index contributed by atoms with van der Waals surface area (Å²) in [6, 6.07) is 5.87. The zero-order chi connectivity index (χ0) is 17.0. The fourth-order valence-electron chi connectivity index (χ4n) is 3.05. The molecule has 1 aliphatic heterocycles. The van der Waals surface area contributed by atoms with Gasteiger partial charge in [-0.2, -0.15) is 0 Å². The van der Waals surface area contributed by atoms with Crippen LogP contribution in [0.4, 0.5) is 5.69 Å². The number of aryl methyl sites for hydroxylation is 1. The number of anilines is 1. The molecule has 0 radical (unpaired) electrons. The summed E-state index contributed by atoms with van der Waals surface area (Å²) < 4.78 is 1.03. The van der Waals surface area contributed by atoms with Crippen molar-refractivity contribution < 1.29 is 9.59 Å². The first-order valence-corrected chi connectivity index (χ1v) is 9.12. The number of rotatable bonds is 6. The molecule has 1 heterocycles. The van der Waals surface area contributed by atoms with E-state index in [4.69, 9.17) is 0 Å². The Morgan fingerprint density at radius 3 is 2.52 bits per heavy atom. The molecule has 0 N–H and O–H groups in total. The Balaban J connectivity index is 2.12. The second-order valence-electron chi connectivity index (χ2n) is 6.16. The van der Waals surface area contributed by atoms with E-state index in [1.807, 2.05) is 30.0 Å². The molecule has 1 atom stereocenters. The smallest absolute Gasteiger partial charge is 0.228 e. The molecule has 2 rings (SSSR count). The molecule has 4 nitrogen and oxygen atoms in total. The second-order valence-corrected chi connectivity index (χ2v) is 7.02. The van der Waals surface area contributed by atoms with Gasteiger partial charge in [-0.05, 0) is 43.5 Å². The van der Waals surface area contributed by atoms with Crippen LogP contribution in [0.2, 0.25) is 0 Å². The molecule has 1 aromatic rings. The maximum atomic E-state index is 12.7.